The summed E-state index contributed by atoms with van der Waals surface area (Å²) in [7, 11) is 0. The predicted octanol–water partition coefficient (Wildman–Crippen LogP) is 2.58. The summed E-state index contributed by atoms with van der Waals surface area (Å²) in [6, 6.07) is 5.89. The zero-order valence-electron chi connectivity index (χ0n) is 9.47. The molecular formula is C11H9F2N3O2S. The SMILES string of the molecule is Nc1nc(C(=O)Nc2ccccc2OC(F)F)cs1. The number of thiazole rings is 1. The fourth-order valence-electron chi connectivity index (χ4n) is 1.35. The Balaban J connectivity index is 2.16. The molecule has 1 amide bonds. The number of para-hydroxylation sites is 2. The van der Waals surface area contributed by atoms with Gasteiger partial charge in [0.2, 0.25) is 0 Å². The molecule has 1 heterocycles. The van der Waals surface area contributed by atoms with Crippen molar-refractivity contribution in [2.45, 2.75) is 6.61 Å². The van der Waals surface area contributed by atoms with Crippen LogP contribution in [0.3, 0.4) is 0 Å². The molecule has 2 aromatic rings. The van der Waals surface area contributed by atoms with Gasteiger partial charge < -0.3 is 15.8 Å². The van der Waals surface area contributed by atoms with Gasteiger partial charge in [-0.25, -0.2) is 4.98 Å². The molecule has 0 atom stereocenters. The number of nitrogen functional groups attached to an aromatic ring is 1. The zero-order chi connectivity index (χ0) is 13.8. The van der Waals surface area contributed by atoms with Crippen molar-refractivity contribution in [2.75, 3.05) is 11.1 Å². The lowest BCUT2D eigenvalue weighted by Crippen LogP contribution is -2.14. The quantitative estimate of drug-likeness (QED) is 0.905. The van der Waals surface area contributed by atoms with Crippen molar-refractivity contribution in [2.24, 2.45) is 0 Å². The number of rotatable bonds is 4. The molecule has 1 aromatic heterocycles. The van der Waals surface area contributed by atoms with Gasteiger partial charge in [0, 0.05) is 5.38 Å². The Morgan fingerprint density at radius 1 is 1.42 bits per heavy atom. The number of hydrogen-bond acceptors (Lipinski definition) is 5. The average Bonchev–Trinajstić information content (AvgIpc) is 2.78. The van der Waals surface area contributed by atoms with Crippen LogP contribution < -0.4 is 15.8 Å². The third kappa shape index (κ3) is 3.38. The highest BCUT2D eigenvalue weighted by molar-refractivity contribution is 7.13. The first-order valence-corrected chi connectivity index (χ1v) is 6.00. The number of hydrogen-bond donors (Lipinski definition) is 2. The maximum absolute atomic E-state index is 12.2. The number of nitrogens with two attached hydrogens (primary N) is 1. The maximum atomic E-state index is 12.2. The van der Waals surface area contributed by atoms with E-state index in [1.54, 1.807) is 6.07 Å². The number of benzene rings is 1. The summed E-state index contributed by atoms with van der Waals surface area (Å²) >= 11 is 1.11. The lowest BCUT2D eigenvalue weighted by molar-refractivity contribution is -0.0493. The van der Waals surface area contributed by atoms with Crippen LogP contribution in [-0.4, -0.2) is 17.5 Å². The highest BCUT2D eigenvalue weighted by atomic mass is 32.1. The van der Waals surface area contributed by atoms with Gasteiger partial charge in [0.25, 0.3) is 5.91 Å². The van der Waals surface area contributed by atoms with Gasteiger partial charge in [-0.05, 0) is 12.1 Å². The number of alkyl halides is 2. The second-order valence-corrected chi connectivity index (χ2v) is 4.29. The van der Waals surface area contributed by atoms with Crippen molar-refractivity contribution in [1.82, 2.24) is 4.98 Å². The molecule has 2 rings (SSSR count). The molecular weight excluding hydrogens is 276 g/mol. The first-order chi connectivity index (χ1) is 9.06. The molecule has 0 aliphatic heterocycles. The van der Waals surface area contributed by atoms with E-state index in [1.807, 2.05) is 0 Å². The molecule has 0 aliphatic carbocycles. The number of ether oxygens (including phenoxy) is 1. The topological polar surface area (TPSA) is 77.2 Å². The number of anilines is 2. The van der Waals surface area contributed by atoms with E-state index in [-0.39, 0.29) is 22.3 Å². The van der Waals surface area contributed by atoms with Gasteiger partial charge in [0.05, 0.1) is 5.69 Å². The molecule has 0 saturated carbocycles. The van der Waals surface area contributed by atoms with Crippen LogP contribution in [0.1, 0.15) is 10.5 Å². The minimum atomic E-state index is -2.96. The molecule has 5 nitrogen and oxygen atoms in total. The van der Waals surface area contributed by atoms with Crippen LogP contribution in [0.4, 0.5) is 19.6 Å². The number of amides is 1. The van der Waals surface area contributed by atoms with Crippen molar-refractivity contribution in [3.63, 3.8) is 0 Å². The Labute approximate surface area is 111 Å². The summed E-state index contributed by atoms with van der Waals surface area (Å²) in [5.74, 6) is -0.660. The van der Waals surface area contributed by atoms with E-state index in [4.69, 9.17) is 5.73 Å². The molecule has 0 unspecified atom stereocenters. The fraction of sp³-hybridized carbons (Fsp3) is 0.0909. The first-order valence-electron chi connectivity index (χ1n) is 5.12. The molecule has 100 valence electrons. The van der Waals surface area contributed by atoms with Crippen molar-refractivity contribution in [3.8, 4) is 5.75 Å². The van der Waals surface area contributed by atoms with Gasteiger partial charge in [-0.1, -0.05) is 12.1 Å². The Kier molecular flexibility index (Phi) is 3.91. The molecule has 0 aliphatic rings. The van der Waals surface area contributed by atoms with E-state index < -0.39 is 12.5 Å². The molecule has 0 spiro atoms. The van der Waals surface area contributed by atoms with Crippen molar-refractivity contribution < 1.29 is 18.3 Å². The number of aromatic nitrogens is 1. The summed E-state index contributed by atoms with van der Waals surface area (Å²) < 4.78 is 28.7. The van der Waals surface area contributed by atoms with Crippen LogP contribution in [0.5, 0.6) is 5.75 Å². The van der Waals surface area contributed by atoms with E-state index >= 15 is 0 Å². The van der Waals surface area contributed by atoms with Crippen LogP contribution >= 0.6 is 11.3 Å². The molecule has 19 heavy (non-hydrogen) atoms. The summed E-state index contributed by atoms with van der Waals surface area (Å²) in [4.78, 5) is 15.6. The number of nitrogens with zero attached hydrogens (tertiary/aromatic N) is 1. The molecule has 8 heteroatoms. The van der Waals surface area contributed by atoms with Crippen molar-refractivity contribution in [1.29, 1.82) is 0 Å². The van der Waals surface area contributed by atoms with E-state index in [9.17, 15) is 13.6 Å². The van der Waals surface area contributed by atoms with Crippen LogP contribution in [0.15, 0.2) is 29.6 Å². The highest BCUT2D eigenvalue weighted by Crippen LogP contribution is 2.26. The summed E-state index contributed by atoms with van der Waals surface area (Å²) in [5.41, 5.74) is 5.67. The second kappa shape index (κ2) is 5.61. The number of carbonyl (C=O) groups excluding carboxylic acids is 1. The predicted molar refractivity (Wildman–Crippen MR) is 67.6 cm³/mol. The van der Waals surface area contributed by atoms with Crippen LogP contribution in [0.2, 0.25) is 0 Å². The maximum Gasteiger partial charge on any atom is 0.387 e. The molecule has 3 N–H and O–H groups in total. The van der Waals surface area contributed by atoms with Crippen LogP contribution in [0.25, 0.3) is 0 Å². The number of carbonyl (C=O) groups is 1. The number of nitrogens with one attached hydrogen (secondary N) is 1. The standard InChI is InChI=1S/C11H9F2N3O2S/c12-10(13)18-8-4-2-1-3-6(8)15-9(17)7-5-19-11(14)16-7/h1-5,10H,(H2,14,16)(H,15,17). The monoisotopic (exact) mass is 285 g/mol. The van der Waals surface area contributed by atoms with Crippen molar-refractivity contribution >= 4 is 28.1 Å². The smallest absolute Gasteiger partial charge is 0.387 e. The molecule has 0 radical (unpaired) electrons. The van der Waals surface area contributed by atoms with E-state index in [2.05, 4.69) is 15.0 Å². The molecule has 1 aromatic carbocycles. The number of halogens is 2. The van der Waals surface area contributed by atoms with Gasteiger partial charge in [0.15, 0.2) is 5.13 Å². The van der Waals surface area contributed by atoms with Crippen molar-refractivity contribution in [3.05, 3.63) is 35.3 Å². The largest absolute Gasteiger partial charge is 0.433 e. The Morgan fingerprint density at radius 2 is 2.16 bits per heavy atom. The zero-order valence-corrected chi connectivity index (χ0v) is 10.3. The van der Waals surface area contributed by atoms with E-state index in [0.29, 0.717) is 0 Å². The minimum absolute atomic E-state index is 0.117. The van der Waals surface area contributed by atoms with E-state index in [0.717, 1.165) is 11.3 Å². The van der Waals surface area contributed by atoms with Gasteiger partial charge >= 0.3 is 6.61 Å². The van der Waals surface area contributed by atoms with Gasteiger partial charge in [-0.3, -0.25) is 4.79 Å². The second-order valence-electron chi connectivity index (χ2n) is 3.40. The Morgan fingerprint density at radius 3 is 2.79 bits per heavy atom. The summed E-state index contributed by atoms with van der Waals surface area (Å²) in [5, 5.41) is 4.16. The Hall–Kier alpha value is -2.22. The summed E-state index contributed by atoms with van der Waals surface area (Å²) in [6.07, 6.45) is 0. The van der Waals surface area contributed by atoms with E-state index in [1.165, 1.54) is 23.6 Å². The van der Waals surface area contributed by atoms with Crippen LogP contribution in [-0.2, 0) is 0 Å². The Bertz CT molecular complexity index is 589. The molecule has 0 fully saturated rings. The average molecular weight is 285 g/mol. The summed E-state index contributed by atoms with van der Waals surface area (Å²) in [6.45, 7) is -2.96. The highest BCUT2D eigenvalue weighted by Gasteiger charge is 2.14. The van der Waals surface area contributed by atoms with Gasteiger partial charge in [0.1, 0.15) is 11.4 Å². The lowest BCUT2D eigenvalue weighted by Gasteiger charge is -2.10. The molecule has 0 saturated heterocycles. The lowest BCUT2D eigenvalue weighted by atomic mass is 10.3. The first kappa shape index (κ1) is 13.2. The van der Waals surface area contributed by atoms with Gasteiger partial charge in [-0.2, -0.15) is 8.78 Å². The minimum Gasteiger partial charge on any atom is -0.433 e. The molecule has 0 bridgehead atoms. The third-order valence-electron chi connectivity index (χ3n) is 2.11. The van der Waals surface area contributed by atoms with Crippen LogP contribution in [0, 0.1) is 0 Å². The fourth-order valence-corrected chi connectivity index (χ4v) is 1.89. The normalized spacial score (nSPS) is 10.5. The third-order valence-corrected chi connectivity index (χ3v) is 2.78. The van der Waals surface area contributed by atoms with Gasteiger partial charge in [-0.15, -0.1) is 11.3 Å².